The van der Waals surface area contributed by atoms with Crippen molar-refractivity contribution in [3.63, 3.8) is 0 Å². The molecule has 0 aromatic heterocycles. The largest absolute Gasteiger partial charge is 3.00 e. The summed E-state index contributed by atoms with van der Waals surface area (Å²) in [6.07, 6.45) is 5.67. The maximum atomic E-state index is 9.88. The molecular weight excluding hydrogens is 699 g/mol. The molecule has 278 valence electrons. The molecule has 6 radical (unpaired) electrons. The Bertz CT molecular complexity index is 1430. The van der Waals surface area contributed by atoms with Crippen LogP contribution in [-0.2, 0) is 31.6 Å². The second-order valence-electron chi connectivity index (χ2n) is 13.7. The first-order valence-electron chi connectivity index (χ1n) is 19.1. The maximum absolute atomic E-state index is 9.88. The van der Waals surface area contributed by atoms with Crippen LogP contribution in [0.15, 0.2) is 152 Å². The van der Waals surface area contributed by atoms with Gasteiger partial charge < -0.3 is 14.3 Å². The molecule has 2 saturated heterocycles. The van der Waals surface area contributed by atoms with E-state index in [1.54, 1.807) is 30.6 Å². The summed E-state index contributed by atoms with van der Waals surface area (Å²) in [4.78, 5) is 9.88. The number of ether oxygens (including phenoxy) is 2. The number of benzene rings is 5. The summed E-state index contributed by atoms with van der Waals surface area (Å²) in [5, 5.41) is 0. The predicted octanol–water partition coefficient (Wildman–Crippen LogP) is 8.77. The molecule has 0 spiro atoms. The minimum absolute atomic E-state index is 0. The molecule has 0 amide bonds. The monoisotopic (exact) mass is 755 g/mol. The minimum atomic E-state index is -1.22. The van der Waals surface area contributed by atoms with Gasteiger partial charge in [-0.15, -0.1) is 12.1 Å². The van der Waals surface area contributed by atoms with E-state index in [0.717, 1.165) is 26.4 Å². The number of carbonyl (C=O) groups excluding carboxylic acids is 1. The summed E-state index contributed by atoms with van der Waals surface area (Å²) in [7, 11) is 0. The first-order valence-corrected chi connectivity index (χ1v) is 19.1. The van der Waals surface area contributed by atoms with Gasteiger partial charge >= 0.3 is 17.4 Å². The van der Waals surface area contributed by atoms with Crippen LogP contribution >= 0.6 is 0 Å². The summed E-state index contributed by atoms with van der Waals surface area (Å²) in [5.41, 5.74) is 5.96. The first-order chi connectivity index (χ1) is 25.9. The summed E-state index contributed by atoms with van der Waals surface area (Å²) < 4.78 is 9.89. The van der Waals surface area contributed by atoms with E-state index in [1.807, 2.05) is 6.07 Å². The zero-order chi connectivity index (χ0) is 37.7. The van der Waals surface area contributed by atoms with Crippen LogP contribution in [-0.4, -0.2) is 38.9 Å². The smallest absolute Gasteiger partial charge is 0.381 e. The topological polar surface area (TPSA) is 35.5 Å². The molecule has 54 heavy (non-hydrogen) atoms. The standard InChI is InChI=1S/C24H20B.C10H15.C7H5O.2C4H8O.Cr/c1-5-13-21(14-6-1)25(22-15-7-2-8-16-22,23-17-9-3-10-18-23)24-19-11-4-12-20-24;1-6-7(2)9(4)10(5)8(6)3;8-6-7-4-2-1-3-5-7;2*1-2-4-5-3-1;/h1-20H;1-5H3;1-5H;2*1-4H2;/q-1;;-1;;;+3. The Morgan fingerprint density at radius 2 is 0.611 bits per heavy atom. The molecule has 3 aliphatic rings. The van der Waals surface area contributed by atoms with Crippen molar-refractivity contribution >= 4 is 34.3 Å². The fraction of sp³-hybridized carbons (Fsp3) is 0.265. The molecule has 0 N–H and O–H groups in total. The van der Waals surface area contributed by atoms with Gasteiger partial charge in [-0.1, -0.05) is 162 Å². The SMILES string of the molecule is C1CCOC1.C1CCOC1.C[C]1[C](C)[C](C)[C](C)[C]1C.O=[C-]c1ccccc1.[Cr+3].c1ccc([B-](c2ccccc2)(c2ccccc2)c2ccccc2)cc1. The fourth-order valence-corrected chi connectivity index (χ4v) is 7.05. The first kappa shape index (κ1) is 44.7. The van der Waals surface area contributed by atoms with Gasteiger partial charge in [0.25, 0.3) is 0 Å². The van der Waals surface area contributed by atoms with E-state index >= 15 is 0 Å². The van der Waals surface area contributed by atoms with Crippen LogP contribution in [0, 0.1) is 29.6 Å². The summed E-state index contributed by atoms with van der Waals surface area (Å²) >= 11 is 0. The Kier molecular flexibility index (Phi) is 20.4. The Balaban J connectivity index is 0.000000220. The van der Waals surface area contributed by atoms with E-state index in [4.69, 9.17) is 9.47 Å². The van der Waals surface area contributed by atoms with Gasteiger partial charge in [-0.25, -0.2) is 0 Å². The number of hydrogen-bond acceptors (Lipinski definition) is 3. The van der Waals surface area contributed by atoms with Crippen LogP contribution in [0.2, 0.25) is 0 Å². The van der Waals surface area contributed by atoms with Gasteiger partial charge in [0.2, 0.25) is 0 Å². The van der Waals surface area contributed by atoms with Crippen molar-refractivity contribution in [3.05, 3.63) is 187 Å². The summed E-state index contributed by atoms with van der Waals surface area (Å²) in [6.45, 7) is 15.0. The van der Waals surface area contributed by atoms with E-state index in [9.17, 15) is 4.79 Å². The maximum Gasteiger partial charge on any atom is 3.00 e. The Morgan fingerprint density at radius 1 is 0.389 bits per heavy atom. The normalized spacial score (nSPS) is 16.2. The molecule has 5 aromatic rings. The van der Waals surface area contributed by atoms with Crippen molar-refractivity contribution in [2.24, 2.45) is 0 Å². The molecule has 0 bridgehead atoms. The number of hydrogen-bond donors (Lipinski definition) is 0. The molecule has 5 heteroatoms. The molecule has 1 saturated carbocycles. The van der Waals surface area contributed by atoms with E-state index in [-0.39, 0.29) is 17.4 Å². The van der Waals surface area contributed by atoms with Crippen LogP contribution in [0.25, 0.3) is 0 Å². The number of rotatable bonds is 5. The average molecular weight is 756 g/mol. The van der Waals surface area contributed by atoms with Gasteiger partial charge in [0.1, 0.15) is 6.15 Å². The van der Waals surface area contributed by atoms with E-state index in [0.29, 0.717) is 5.56 Å². The van der Waals surface area contributed by atoms with E-state index < -0.39 is 6.15 Å². The zero-order valence-corrected chi connectivity index (χ0v) is 34.1. The van der Waals surface area contributed by atoms with Gasteiger partial charge in [-0.2, -0.15) is 39.5 Å². The van der Waals surface area contributed by atoms with Gasteiger partial charge in [-0.05, 0) is 55.3 Å². The van der Waals surface area contributed by atoms with Crippen molar-refractivity contribution < 1.29 is 31.6 Å². The van der Waals surface area contributed by atoms with Gasteiger partial charge in [-0.3, -0.25) is 0 Å². The minimum Gasteiger partial charge on any atom is -0.381 e. The second kappa shape index (κ2) is 24.6. The van der Waals surface area contributed by atoms with Crippen LogP contribution in [0.3, 0.4) is 0 Å². The van der Waals surface area contributed by atoms with Gasteiger partial charge in [0.15, 0.2) is 0 Å². The van der Waals surface area contributed by atoms with Crippen molar-refractivity contribution in [1.82, 2.24) is 0 Å². The molecule has 3 nitrogen and oxygen atoms in total. The molecule has 1 aliphatic carbocycles. The Labute approximate surface area is 338 Å². The fourth-order valence-electron chi connectivity index (χ4n) is 7.05. The van der Waals surface area contributed by atoms with Crippen molar-refractivity contribution in [2.45, 2.75) is 60.3 Å². The summed E-state index contributed by atoms with van der Waals surface area (Å²) in [5.74, 6) is 7.34. The molecule has 0 unspecified atom stereocenters. The Morgan fingerprint density at radius 3 is 0.778 bits per heavy atom. The van der Waals surface area contributed by atoms with Crippen LogP contribution in [0.4, 0.5) is 0 Å². The molecule has 8 rings (SSSR count). The molecular formula is C49H56BCrO3+. The van der Waals surface area contributed by atoms with Crippen LogP contribution in [0.5, 0.6) is 0 Å². The van der Waals surface area contributed by atoms with E-state index in [1.165, 1.54) is 77.1 Å². The molecule has 2 heterocycles. The van der Waals surface area contributed by atoms with Crippen LogP contribution in [0.1, 0.15) is 65.9 Å². The molecule has 0 atom stereocenters. The van der Waals surface area contributed by atoms with Gasteiger partial charge in [0, 0.05) is 26.4 Å². The van der Waals surface area contributed by atoms with Crippen molar-refractivity contribution in [2.75, 3.05) is 26.4 Å². The van der Waals surface area contributed by atoms with Crippen molar-refractivity contribution in [1.29, 1.82) is 0 Å². The van der Waals surface area contributed by atoms with Gasteiger partial charge in [0.05, 0.1) is 6.29 Å². The average Bonchev–Trinajstić information content (AvgIpc) is 4.05. The van der Waals surface area contributed by atoms with E-state index in [2.05, 4.69) is 156 Å². The van der Waals surface area contributed by atoms with Crippen LogP contribution < -0.4 is 21.9 Å². The Hall–Kier alpha value is -3.71. The van der Waals surface area contributed by atoms with Crippen molar-refractivity contribution in [3.8, 4) is 0 Å². The molecule has 5 aromatic carbocycles. The third-order valence-corrected chi connectivity index (χ3v) is 10.6. The third-order valence-electron chi connectivity index (χ3n) is 10.6. The molecule has 2 aliphatic heterocycles. The third kappa shape index (κ3) is 12.7. The quantitative estimate of drug-likeness (QED) is 0.133. The predicted molar refractivity (Wildman–Crippen MR) is 226 cm³/mol. The second-order valence-corrected chi connectivity index (χ2v) is 13.7. The summed E-state index contributed by atoms with van der Waals surface area (Å²) in [6, 6.07) is 52.4. The molecule has 3 fully saturated rings. The zero-order valence-electron chi connectivity index (χ0n) is 32.8.